The van der Waals surface area contributed by atoms with E-state index in [1.54, 1.807) is 0 Å². The molecule has 9 nitrogen and oxygen atoms in total. The second-order valence-electron chi connectivity index (χ2n) is 15.1. The van der Waals surface area contributed by atoms with E-state index in [0.29, 0.717) is 113 Å². The number of allylic oxidation sites excluding steroid dienone is 3. The Balaban J connectivity index is 1.99. The van der Waals surface area contributed by atoms with E-state index in [1.165, 1.54) is 18.2 Å². The molecule has 4 aromatic carbocycles. The molecule has 0 N–H and O–H groups in total. The van der Waals surface area contributed by atoms with Crippen molar-refractivity contribution < 1.29 is 42.8 Å². The summed E-state index contributed by atoms with van der Waals surface area (Å²) in [6, 6.07) is 12.2. The number of benzene rings is 4. The molecule has 60 heavy (non-hydrogen) atoms. The number of carbonyl (C=O) groups is 3. The van der Waals surface area contributed by atoms with Crippen LogP contribution in [0, 0.1) is 0 Å². The fourth-order valence-corrected chi connectivity index (χ4v) is 6.89. The van der Waals surface area contributed by atoms with Crippen LogP contribution in [0.25, 0.3) is 32.3 Å². The van der Waals surface area contributed by atoms with Crippen LogP contribution >= 0.6 is 0 Å². The molecule has 0 radical (unpaired) electrons. The Bertz CT molecular complexity index is 1800. The number of carbonyl (C=O) groups excluding carboxylic acids is 3. The quantitative estimate of drug-likeness (QED) is 0.0264. The second-order valence-corrected chi connectivity index (χ2v) is 15.1. The minimum absolute atomic E-state index is 0.0264. The van der Waals surface area contributed by atoms with E-state index in [4.69, 9.17) is 28.4 Å². The fourth-order valence-electron chi connectivity index (χ4n) is 6.89. The molecule has 0 amide bonds. The molecule has 0 fully saturated rings. The Morgan fingerprint density at radius 1 is 0.367 bits per heavy atom. The predicted octanol–water partition coefficient (Wildman–Crippen LogP) is 12.6. The van der Waals surface area contributed by atoms with Crippen molar-refractivity contribution in [1.29, 1.82) is 0 Å². The third-order valence-corrected chi connectivity index (χ3v) is 10.3. The maximum Gasteiger partial charge on any atom is 0.161 e. The van der Waals surface area contributed by atoms with Gasteiger partial charge in [0.25, 0.3) is 0 Å². The molecule has 0 saturated carbocycles. The van der Waals surface area contributed by atoms with Crippen LogP contribution in [0.15, 0.2) is 74.4 Å². The zero-order chi connectivity index (χ0) is 43.1. The monoisotopic (exact) mass is 822 g/mol. The smallest absolute Gasteiger partial charge is 0.161 e. The maximum absolute atomic E-state index is 12.0. The SMILES string of the molecule is C=CC(=O)CCCOc1cc2c(cc1OCCCCC)c1cc(OCCCC(=O)C=C)c(OCCCCC)cc1c1cc(OCCCC(=O)C=C)c(OCCCCC)cc21. The number of unbranched alkanes of at least 4 members (excludes halogenated alkanes) is 6. The highest BCUT2D eigenvalue weighted by molar-refractivity contribution is 6.26. The Kier molecular flexibility index (Phi) is 20.5. The Morgan fingerprint density at radius 3 is 0.750 bits per heavy atom. The lowest BCUT2D eigenvalue weighted by Gasteiger charge is -2.20. The Labute approximate surface area is 357 Å². The van der Waals surface area contributed by atoms with Crippen molar-refractivity contribution in [2.45, 2.75) is 117 Å². The highest BCUT2D eigenvalue weighted by Gasteiger charge is 2.21. The van der Waals surface area contributed by atoms with Crippen molar-refractivity contribution in [3.8, 4) is 34.5 Å². The van der Waals surface area contributed by atoms with E-state index in [2.05, 4.69) is 40.5 Å². The maximum atomic E-state index is 12.0. The summed E-state index contributed by atoms with van der Waals surface area (Å²) in [6.07, 6.45) is 15.7. The van der Waals surface area contributed by atoms with Crippen molar-refractivity contribution in [1.82, 2.24) is 0 Å². The molecule has 9 heteroatoms. The van der Waals surface area contributed by atoms with Crippen LogP contribution in [0.2, 0.25) is 0 Å². The van der Waals surface area contributed by atoms with Gasteiger partial charge in [-0.05, 0) is 125 Å². The molecule has 0 aliphatic carbocycles. The minimum atomic E-state index is -0.0264. The van der Waals surface area contributed by atoms with Crippen molar-refractivity contribution in [2.75, 3.05) is 39.6 Å². The summed E-state index contributed by atoms with van der Waals surface area (Å²) in [5.41, 5.74) is 0. The molecule has 0 bridgehead atoms. The lowest BCUT2D eigenvalue weighted by Crippen LogP contribution is -2.06. The van der Waals surface area contributed by atoms with E-state index in [9.17, 15) is 14.4 Å². The molecule has 0 aliphatic heterocycles. The number of hydrogen-bond donors (Lipinski definition) is 0. The lowest BCUT2D eigenvalue weighted by molar-refractivity contribution is -0.115. The first-order valence-electron chi connectivity index (χ1n) is 22.1. The molecular formula is C51H66O9. The summed E-state index contributed by atoms with van der Waals surface area (Å²) in [5, 5.41) is 5.52. The molecular weight excluding hydrogens is 757 g/mol. The van der Waals surface area contributed by atoms with Gasteiger partial charge in [0.15, 0.2) is 51.8 Å². The van der Waals surface area contributed by atoms with Crippen LogP contribution in [-0.4, -0.2) is 57.0 Å². The fraction of sp³-hybridized carbons (Fsp3) is 0.471. The summed E-state index contributed by atoms with van der Waals surface area (Å²) in [6.45, 7) is 19.8. The van der Waals surface area contributed by atoms with Crippen molar-refractivity contribution in [3.05, 3.63) is 74.4 Å². The normalized spacial score (nSPS) is 11.1. The van der Waals surface area contributed by atoms with Crippen LogP contribution in [-0.2, 0) is 14.4 Å². The third-order valence-electron chi connectivity index (χ3n) is 10.3. The van der Waals surface area contributed by atoms with Gasteiger partial charge in [0.1, 0.15) is 0 Å². The molecule has 4 rings (SSSR count). The molecule has 324 valence electrons. The topological polar surface area (TPSA) is 107 Å². The third kappa shape index (κ3) is 14.2. The second kappa shape index (κ2) is 26.0. The van der Waals surface area contributed by atoms with Gasteiger partial charge in [-0.1, -0.05) is 79.0 Å². The molecule has 0 spiro atoms. The standard InChI is InChI=1S/C51H66O9/c1-7-13-16-25-55-46-31-40-43(34-49(46)58-28-19-22-37(52)10-4)41-32-47(56-26-17-14-8-2)51(60-30-21-24-39(54)12-6)36-45(41)42-33-48(57-27-18-15-9-3)50(35-44(40)42)59-29-20-23-38(53)11-5/h10-12,31-36H,4-9,13-30H2,1-3H3. The first-order valence-corrected chi connectivity index (χ1v) is 22.1. The first-order chi connectivity index (χ1) is 29.3. The van der Waals surface area contributed by atoms with Gasteiger partial charge < -0.3 is 28.4 Å². The highest BCUT2D eigenvalue weighted by atomic mass is 16.5. The lowest BCUT2D eigenvalue weighted by atomic mass is 9.93. The number of rotatable bonds is 33. The van der Waals surface area contributed by atoms with Gasteiger partial charge in [0, 0.05) is 19.3 Å². The van der Waals surface area contributed by atoms with Gasteiger partial charge >= 0.3 is 0 Å². The van der Waals surface area contributed by atoms with Crippen molar-refractivity contribution in [2.24, 2.45) is 0 Å². The summed E-state index contributed by atoms with van der Waals surface area (Å²) in [4.78, 5) is 36.1. The van der Waals surface area contributed by atoms with Crippen LogP contribution < -0.4 is 28.4 Å². The molecule has 0 aliphatic rings. The highest BCUT2D eigenvalue weighted by Crippen LogP contribution is 2.47. The molecule has 0 saturated heterocycles. The van der Waals surface area contributed by atoms with Gasteiger partial charge in [-0.15, -0.1) is 0 Å². The van der Waals surface area contributed by atoms with E-state index >= 15 is 0 Å². The molecule has 0 aromatic heterocycles. The van der Waals surface area contributed by atoms with E-state index < -0.39 is 0 Å². The zero-order valence-electron chi connectivity index (χ0n) is 36.3. The summed E-state index contributed by atoms with van der Waals surface area (Å²) >= 11 is 0. The number of hydrogen-bond acceptors (Lipinski definition) is 9. The van der Waals surface area contributed by atoms with Crippen molar-refractivity contribution >= 4 is 49.7 Å². The number of fused-ring (bicyclic) bond motifs is 6. The molecule has 0 unspecified atom stereocenters. The Morgan fingerprint density at radius 2 is 0.567 bits per heavy atom. The van der Waals surface area contributed by atoms with Gasteiger partial charge in [0.05, 0.1) is 39.6 Å². The number of ether oxygens (including phenoxy) is 6. The van der Waals surface area contributed by atoms with Gasteiger partial charge in [-0.25, -0.2) is 0 Å². The average molecular weight is 823 g/mol. The van der Waals surface area contributed by atoms with Crippen LogP contribution in [0.3, 0.4) is 0 Å². The van der Waals surface area contributed by atoms with E-state index in [0.717, 1.165) is 90.1 Å². The number of ketones is 3. The predicted molar refractivity (Wildman–Crippen MR) is 244 cm³/mol. The largest absolute Gasteiger partial charge is 0.490 e. The van der Waals surface area contributed by atoms with Gasteiger partial charge in [-0.2, -0.15) is 0 Å². The average Bonchev–Trinajstić information content (AvgIpc) is 3.26. The molecule has 0 atom stereocenters. The molecule has 4 aromatic rings. The van der Waals surface area contributed by atoms with Gasteiger partial charge in [0.2, 0.25) is 0 Å². The zero-order valence-corrected chi connectivity index (χ0v) is 36.3. The van der Waals surface area contributed by atoms with Crippen LogP contribution in [0.1, 0.15) is 117 Å². The summed E-state index contributed by atoms with van der Waals surface area (Å²) in [7, 11) is 0. The van der Waals surface area contributed by atoms with Crippen molar-refractivity contribution in [3.63, 3.8) is 0 Å². The Hall–Kier alpha value is -5.31. The summed E-state index contributed by atoms with van der Waals surface area (Å²) < 4.78 is 38.7. The molecule has 0 heterocycles. The van der Waals surface area contributed by atoms with Crippen LogP contribution in [0.5, 0.6) is 34.5 Å². The van der Waals surface area contributed by atoms with Gasteiger partial charge in [-0.3, -0.25) is 14.4 Å². The van der Waals surface area contributed by atoms with E-state index in [-0.39, 0.29) is 17.3 Å². The van der Waals surface area contributed by atoms with Crippen LogP contribution in [0.4, 0.5) is 0 Å². The van der Waals surface area contributed by atoms with E-state index in [1.807, 2.05) is 36.4 Å². The minimum Gasteiger partial charge on any atom is -0.490 e. The summed E-state index contributed by atoms with van der Waals surface area (Å²) in [5.74, 6) is 3.52. The first kappa shape index (κ1) is 47.4.